The summed E-state index contributed by atoms with van der Waals surface area (Å²) < 4.78 is 1.91. The molecule has 0 radical (unpaired) electrons. The van der Waals surface area contributed by atoms with Gasteiger partial charge >= 0.3 is 0 Å². The summed E-state index contributed by atoms with van der Waals surface area (Å²) in [5, 5.41) is 0. The van der Waals surface area contributed by atoms with Crippen LogP contribution in [0.1, 0.15) is 21.7 Å². The van der Waals surface area contributed by atoms with Gasteiger partial charge in [-0.25, -0.2) is 4.98 Å². The Labute approximate surface area is 123 Å². The van der Waals surface area contributed by atoms with Gasteiger partial charge in [-0.15, -0.1) is 0 Å². The van der Waals surface area contributed by atoms with Crippen molar-refractivity contribution in [2.24, 2.45) is 5.73 Å². The van der Waals surface area contributed by atoms with Gasteiger partial charge in [0, 0.05) is 5.56 Å². The summed E-state index contributed by atoms with van der Waals surface area (Å²) in [6.07, 6.45) is 0. The number of nitrogens with two attached hydrogens (primary N) is 1. The van der Waals surface area contributed by atoms with E-state index in [1.54, 1.807) is 0 Å². The van der Waals surface area contributed by atoms with Gasteiger partial charge in [0.2, 0.25) is 0 Å². The van der Waals surface area contributed by atoms with E-state index in [-0.39, 0.29) is 12.3 Å². The molecular weight excluding hydrogens is 262 g/mol. The van der Waals surface area contributed by atoms with E-state index >= 15 is 0 Å². The Morgan fingerprint density at radius 1 is 1.19 bits per heavy atom. The number of carbonyl (C=O) groups is 1. The van der Waals surface area contributed by atoms with Crippen LogP contribution in [0.3, 0.4) is 0 Å². The van der Waals surface area contributed by atoms with Crippen molar-refractivity contribution in [1.82, 2.24) is 9.55 Å². The Hall–Kier alpha value is -2.46. The molecule has 3 aromatic rings. The number of rotatable bonds is 4. The minimum atomic E-state index is 0.0603. The van der Waals surface area contributed by atoms with E-state index in [0.717, 1.165) is 22.4 Å². The second kappa shape index (κ2) is 5.50. The first kappa shape index (κ1) is 13.5. The fraction of sp³-hybridized carbons (Fsp3) is 0.176. The standard InChI is InChI=1S/C17H17N3O/c1-12-7-8-15-14(9-12)19-17(10-18)20(15)11-16(21)13-5-3-2-4-6-13/h2-9H,10-11,18H2,1H3. The summed E-state index contributed by atoms with van der Waals surface area (Å²) in [6, 6.07) is 15.3. The van der Waals surface area contributed by atoms with E-state index in [4.69, 9.17) is 5.73 Å². The van der Waals surface area contributed by atoms with Crippen molar-refractivity contribution >= 4 is 16.8 Å². The van der Waals surface area contributed by atoms with Crippen LogP contribution in [0.2, 0.25) is 0 Å². The molecule has 0 amide bonds. The molecule has 3 rings (SSSR count). The van der Waals surface area contributed by atoms with Crippen LogP contribution >= 0.6 is 0 Å². The zero-order valence-corrected chi connectivity index (χ0v) is 11.9. The predicted octanol–water partition coefficient (Wildman–Crippen LogP) is 2.69. The molecule has 0 fully saturated rings. The van der Waals surface area contributed by atoms with Crippen molar-refractivity contribution in [2.45, 2.75) is 20.0 Å². The Morgan fingerprint density at radius 2 is 1.95 bits per heavy atom. The molecule has 0 unspecified atom stereocenters. The van der Waals surface area contributed by atoms with Gasteiger partial charge in [0.15, 0.2) is 5.78 Å². The molecule has 4 nitrogen and oxygen atoms in total. The number of imidazole rings is 1. The maximum absolute atomic E-state index is 12.4. The van der Waals surface area contributed by atoms with Crippen molar-refractivity contribution in [3.05, 3.63) is 65.5 Å². The second-order valence-electron chi connectivity index (χ2n) is 5.10. The smallest absolute Gasteiger partial charge is 0.182 e. The lowest BCUT2D eigenvalue weighted by atomic mass is 10.1. The number of fused-ring (bicyclic) bond motifs is 1. The minimum Gasteiger partial charge on any atom is -0.324 e. The molecule has 0 saturated carbocycles. The summed E-state index contributed by atoms with van der Waals surface area (Å²) in [5.41, 5.74) is 9.45. The molecule has 2 N–H and O–H groups in total. The maximum atomic E-state index is 12.4. The number of nitrogens with zero attached hydrogens (tertiary/aromatic N) is 2. The fourth-order valence-electron chi connectivity index (χ4n) is 2.48. The highest BCUT2D eigenvalue weighted by molar-refractivity contribution is 5.96. The first-order chi connectivity index (χ1) is 10.2. The summed E-state index contributed by atoms with van der Waals surface area (Å²) >= 11 is 0. The molecule has 0 aliphatic carbocycles. The lowest BCUT2D eigenvalue weighted by Gasteiger charge is -2.07. The van der Waals surface area contributed by atoms with Gasteiger partial charge < -0.3 is 10.3 Å². The number of hydrogen-bond donors (Lipinski definition) is 1. The van der Waals surface area contributed by atoms with E-state index in [0.29, 0.717) is 12.1 Å². The molecule has 2 aromatic carbocycles. The van der Waals surface area contributed by atoms with Crippen LogP contribution in [-0.4, -0.2) is 15.3 Å². The molecule has 0 aliphatic heterocycles. The third-order valence-corrected chi connectivity index (χ3v) is 3.56. The maximum Gasteiger partial charge on any atom is 0.182 e. The molecule has 0 saturated heterocycles. The summed E-state index contributed by atoms with van der Waals surface area (Å²) in [7, 11) is 0. The Kier molecular flexibility index (Phi) is 3.54. The van der Waals surface area contributed by atoms with Crippen LogP contribution in [0.15, 0.2) is 48.5 Å². The van der Waals surface area contributed by atoms with E-state index in [2.05, 4.69) is 4.98 Å². The summed E-state index contributed by atoms with van der Waals surface area (Å²) in [6.45, 7) is 2.60. The lowest BCUT2D eigenvalue weighted by Crippen LogP contribution is -2.15. The topological polar surface area (TPSA) is 60.9 Å². The molecule has 1 heterocycles. The molecule has 21 heavy (non-hydrogen) atoms. The Bertz CT molecular complexity index is 790. The minimum absolute atomic E-state index is 0.0603. The van der Waals surface area contributed by atoms with Crippen LogP contribution in [0.4, 0.5) is 0 Å². The zero-order valence-electron chi connectivity index (χ0n) is 11.9. The number of benzene rings is 2. The summed E-state index contributed by atoms with van der Waals surface area (Å²) in [5.74, 6) is 0.796. The van der Waals surface area contributed by atoms with Crippen molar-refractivity contribution in [3.8, 4) is 0 Å². The highest BCUT2D eigenvalue weighted by Crippen LogP contribution is 2.18. The first-order valence-electron chi connectivity index (χ1n) is 6.93. The van der Waals surface area contributed by atoms with Crippen molar-refractivity contribution in [2.75, 3.05) is 0 Å². The van der Waals surface area contributed by atoms with Gasteiger partial charge in [0.1, 0.15) is 5.82 Å². The number of aryl methyl sites for hydroxylation is 1. The molecule has 1 aromatic heterocycles. The fourth-order valence-corrected chi connectivity index (χ4v) is 2.48. The molecule has 0 spiro atoms. The predicted molar refractivity (Wildman–Crippen MR) is 83.1 cm³/mol. The molecule has 0 atom stereocenters. The van der Waals surface area contributed by atoms with Crippen LogP contribution in [0.25, 0.3) is 11.0 Å². The van der Waals surface area contributed by atoms with Gasteiger partial charge in [-0.05, 0) is 24.6 Å². The van der Waals surface area contributed by atoms with Gasteiger partial charge in [0.25, 0.3) is 0 Å². The van der Waals surface area contributed by atoms with E-state index in [1.807, 2.05) is 60.0 Å². The highest BCUT2D eigenvalue weighted by Gasteiger charge is 2.13. The monoisotopic (exact) mass is 279 g/mol. The number of aromatic nitrogens is 2. The average Bonchev–Trinajstić information content (AvgIpc) is 2.85. The van der Waals surface area contributed by atoms with E-state index < -0.39 is 0 Å². The number of ketones is 1. The molecule has 106 valence electrons. The second-order valence-corrected chi connectivity index (χ2v) is 5.10. The largest absolute Gasteiger partial charge is 0.324 e. The van der Waals surface area contributed by atoms with Crippen molar-refractivity contribution < 1.29 is 4.79 Å². The van der Waals surface area contributed by atoms with Crippen LogP contribution in [0.5, 0.6) is 0 Å². The Balaban J connectivity index is 2.02. The third-order valence-electron chi connectivity index (χ3n) is 3.56. The van der Waals surface area contributed by atoms with Crippen LogP contribution in [-0.2, 0) is 13.1 Å². The number of hydrogen-bond acceptors (Lipinski definition) is 3. The van der Waals surface area contributed by atoms with Gasteiger partial charge in [0.05, 0.1) is 24.1 Å². The van der Waals surface area contributed by atoms with Gasteiger partial charge in [-0.1, -0.05) is 36.4 Å². The van der Waals surface area contributed by atoms with Crippen molar-refractivity contribution in [1.29, 1.82) is 0 Å². The molecular formula is C17H17N3O. The van der Waals surface area contributed by atoms with Crippen LogP contribution < -0.4 is 5.73 Å². The van der Waals surface area contributed by atoms with Gasteiger partial charge in [-0.3, -0.25) is 4.79 Å². The van der Waals surface area contributed by atoms with Crippen molar-refractivity contribution in [3.63, 3.8) is 0 Å². The van der Waals surface area contributed by atoms with E-state index in [1.165, 1.54) is 0 Å². The quantitative estimate of drug-likeness (QED) is 0.747. The van der Waals surface area contributed by atoms with Gasteiger partial charge in [-0.2, -0.15) is 0 Å². The highest BCUT2D eigenvalue weighted by atomic mass is 16.1. The number of carbonyl (C=O) groups excluding carboxylic acids is 1. The lowest BCUT2D eigenvalue weighted by molar-refractivity contribution is 0.0972. The normalized spacial score (nSPS) is 11.0. The average molecular weight is 279 g/mol. The van der Waals surface area contributed by atoms with Crippen LogP contribution in [0, 0.1) is 6.92 Å². The molecule has 4 heteroatoms. The SMILES string of the molecule is Cc1ccc2c(c1)nc(CN)n2CC(=O)c1ccccc1. The zero-order chi connectivity index (χ0) is 14.8. The molecule has 0 aliphatic rings. The molecule has 0 bridgehead atoms. The number of Topliss-reactive ketones (excluding diaryl/α,β-unsaturated/α-hetero) is 1. The first-order valence-corrected chi connectivity index (χ1v) is 6.93. The Morgan fingerprint density at radius 3 is 2.67 bits per heavy atom. The van der Waals surface area contributed by atoms with E-state index in [9.17, 15) is 4.79 Å². The third kappa shape index (κ3) is 2.58. The summed E-state index contributed by atoms with van der Waals surface area (Å²) in [4.78, 5) is 16.9.